The van der Waals surface area contributed by atoms with Gasteiger partial charge in [0.1, 0.15) is 5.56 Å². The topological polar surface area (TPSA) is 68.7 Å². The Labute approximate surface area is 118 Å². The number of pyridine rings is 1. The molecule has 0 radical (unpaired) electrons. The van der Waals surface area contributed by atoms with Gasteiger partial charge >= 0.3 is 5.97 Å². The van der Waals surface area contributed by atoms with Crippen LogP contribution >= 0.6 is 0 Å². The number of carboxylic acids is 1. The highest BCUT2D eigenvalue weighted by atomic mass is 16.5. The summed E-state index contributed by atoms with van der Waals surface area (Å²) in [5, 5.41) is 9.26. The molecule has 0 fully saturated rings. The molecule has 5 heteroatoms. The van der Waals surface area contributed by atoms with Crippen molar-refractivity contribution in [3.8, 4) is 5.88 Å². The first kappa shape index (κ1) is 14.8. The third-order valence-electron chi connectivity index (χ3n) is 3.74. The van der Waals surface area contributed by atoms with Crippen molar-refractivity contribution in [2.75, 3.05) is 13.7 Å². The maximum Gasteiger partial charge on any atom is 0.341 e. The monoisotopic (exact) mass is 279 g/mol. The Bertz CT molecular complexity index is 511. The molecule has 1 N–H and O–H groups in total. The molecular weight excluding hydrogens is 258 g/mol. The van der Waals surface area contributed by atoms with Crippen LogP contribution < -0.4 is 4.74 Å². The van der Waals surface area contributed by atoms with Gasteiger partial charge in [-0.1, -0.05) is 0 Å². The lowest BCUT2D eigenvalue weighted by atomic mass is 10.1. The molecule has 1 aliphatic carbocycles. The summed E-state index contributed by atoms with van der Waals surface area (Å²) in [6.45, 7) is 4.31. The number of aryl methyl sites for hydroxylation is 2. The molecule has 0 saturated heterocycles. The van der Waals surface area contributed by atoms with Crippen molar-refractivity contribution in [3.05, 3.63) is 22.9 Å². The molecule has 0 bridgehead atoms. The largest absolute Gasteiger partial charge is 0.477 e. The predicted octanol–water partition coefficient (Wildman–Crippen LogP) is 2.46. The lowest BCUT2D eigenvalue weighted by molar-refractivity contribution is 0.00498. The summed E-state index contributed by atoms with van der Waals surface area (Å²) in [4.78, 5) is 15.7. The summed E-state index contributed by atoms with van der Waals surface area (Å²) in [6.07, 6.45) is 3.50. The smallest absolute Gasteiger partial charge is 0.341 e. The van der Waals surface area contributed by atoms with Gasteiger partial charge in [-0.25, -0.2) is 9.78 Å². The Morgan fingerprint density at radius 2 is 2.20 bits per heavy atom. The molecule has 110 valence electrons. The van der Waals surface area contributed by atoms with Gasteiger partial charge in [0.15, 0.2) is 0 Å². The first-order valence-electron chi connectivity index (χ1n) is 6.87. The van der Waals surface area contributed by atoms with Crippen LogP contribution in [0.2, 0.25) is 0 Å². The van der Waals surface area contributed by atoms with E-state index in [1.54, 1.807) is 13.2 Å². The van der Waals surface area contributed by atoms with Crippen LogP contribution in [0.4, 0.5) is 0 Å². The van der Waals surface area contributed by atoms with E-state index in [9.17, 15) is 9.90 Å². The van der Waals surface area contributed by atoms with E-state index in [0.717, 1.165) is 30.5 Å². The van der Waals surface area contributed by atoms with Gasteiger partial charge in [0.2, 0.25) is 5.88 Å². The minimum Gasteiger partial charge on any atom is -0.477 e. The van der Waals surface area contributed by atoms with Crippen molar-refractivity contribution in [2.24, 2.45) is 0 Å². The maximum absolute atomic E-state index is 11.3. The fourth-order valence-electron chi connectivity index (χ4n) is 2.21. The lowest BCUT2D eigenvalue weighted by Gasteiger charge is -2.22. The van der Waals surface area contributed by atoms with E-state index in [-0.39, 0.29) is 17.0 Å². The summed E-state index contributed by atoms with van der Waals surface area (Å²) in [6, 6.07) is 1.70. The molecule has 0 aromatic carbocycles. The molecule has 1 heterocycles. The van der Waals surface area contributed by atoms with Crippen LogP contribution in [0, 0.1) is 0 Å². The second-order valence-corrected chi connectivity index (χ2v) is 5.67. The molecule has 1 aromatic heterocycles. The molecule has 0 aliphatic heterocycles. The third kappa shape index (κ3) is 3.28. The summed E-state index contributed by atoms with van der Waals surface area (Å²) in [5.41, 5.74) is 1.86. The van der Waals surface area contributed by atoms with Crippen molar-refractivity contribution in [3.63, 3.8) is 0 Å². The number of nitrogens with zero attached hydrogens (tertiary/aromatic N) is 1. The van der Waals surface area contributed by atoms with Crippen LogP contribution in [0.3, 0.4) is 0 Å². The van der Waals surface area contributed by atoms with Gasteiger partial charge < -0.3 is 14.6 Å². The molecule has 0 spiro atoms. The fourth-order valence-corrected chi connectivity index (χ4v) is 2.21. The Hall–Kier alpha value is -1.62. The Balaban J connectivity index is 2.12. The number of carbonyl (C=O) groups is 1. The summed E-state index contributed by atoms with van der Waals surface area (Å²) in [5.74, 6) is -0.766. The highest BCUT2D eigenvalue weighted by molar-refractivity contribution is 5.90. The molecule has 2 rings (SSSR count). The van der Waals surface area contributed by atoms with E-state index in [1.165, 1.54) is 0 Å². The highest BCUT2D eigenvalue weighted by Gasteiger charge is 2.22. The first-order chi connectivity index (χ1) is 9.43. The zero-order valence-corrected chi connectivity index (χ0v) is 12.2. The number of methoxy groups -OCH3 is 1. The Morgan fingerprint density at radius 3 is 2.85 bits per heavy atom. The SMILES string of the molecule is COC(C)(C)CCOc1nc2c(cc1C(=O)O)CCC2. The molecule has 5 nitrogen and oxygen atoms in total. The van der Waals surface area contributed by atoms with Gasteiger partial charge in [-0.05, 0) is 44.7 Å². The van der Waals surface area contributed by atoms with Gasteiger partial charge in [0.05, 0.1) is 12.2 Å². The minimum absolute atomic E-state index is 0.154. The molecule has 0 amide bonds. The summed E-state index contributed by atoms with van der Waals surface area (Å²) < 4.78 is 10.9. The number of ether oxygens (including phenoxy) is 2. The van der Waals surface area contributed by atoms with E-state index in [4.69, 9.17) is 9.47 Å². The highest BCUT2D eigenvalue weighted by Crippen LogP contribution is 2.27. The molecule has 20 heavy (non-hydrogen) atoms. The van der Waals surface area contributed by atoms with Gasteiger partial charge in [-0.15, -0.1) is 0 Å². The van der Waals surface area contributed by atoms with Gasteiger partial charge in [-0.2, -0.15) is 0 Å². The van der Waals surface area contributed by atoms with E-state index in [1.807, 2.05) is 13.8 Å². The maximum atomic E-state index is 11.3. The van der Waals surface area contributed by atoms with Crippen molar-refractivity contribution in [2.45, 2.75) is 45.1 Å². The van der Waals surface area contributed by atoms with Crippen molar-refractivity contribution >= 4 is 5.97 Å². The standard InChI is InChI=1S/C15H21NO4/c1-15(2,19-3)7-8-20-13-11(14(17)18)9-10-5-4-6-12(10)16-13/h9H,4-8H2,1-3H3,(H,17,18). The summed E-state index contributed by atoms with van der Waals surface area (Å²) >= 11 is 0. The molecule has 1 aliphatic rings. The van der Waals surface area contributed by atoms with Crippen LogP contribution in [-0.2, 0) is 17.6 Å². The van der Waals surface area contributed by atoms with Crippen molar-refractivity contribution in [1.82, 2.24) is 4.98 Å². The number of carboxylic acid groups (broad SMARTS) is 1. The summed E-state index contributed by atoms with van der Waals surface area (Å²) in [7, 11) is 1.65. The quantitative estimate of drug-likeness (QED) is 0.866. The van der Waals surface area contributed by atoms with E-state index >= 15 is 0 Å². The van der Waals surface area contributed by atoms with Crippen LogP contribution in [-0.4, -0.2) is 35.4 Å². The molecule has 0 saturated carbocycles. The van der Waals surface area contributed by atoms with Gasteiger partial charge in [0, 0.05) is 19.2 Å². The van der Waals surface area contributed by atoms with E-state index in [2.05, 4.69) is 4.98 Å². The van der Waals surface area contributed by atoms with Crippen LogP contribution in [0.15, 0.2) is 6.07 Å². The lowest BCUT2D eigenvalue weighted by Crippen LogP contribution is -2.25. The average molecular weight is 279 g/mol. The molecule has 0 atom stereocenters. The average Bonchev–Trinajstić information content (AvgIpc) is 2.84. The van der Waals surface area contributed by atoms with E-state index < -0.39 is 5.97 Å². The number of aromatic nitrogens is 1. The number of aromatic carboxylic acids is 1. The number of hydrogen-bond donors (Lipinski definition) is 1. The number of hydrogen-bond acceptors (Lipinski definition) is 4. The predicted molar refractivity (Wildman–Crippen MR) is 74.4 cm³/mol. The zero-order chi connectivity index (χ0) is 14.8. The van der Waals surface area contributed by atoms with Crippen LogP contribution in [0.25, 0.3) is 0 Å². The fraction of sp³-hybridized carbons (Fsp3) is 0.600. The zero-order valence-electron chi connectivity index (χ0n) is 12.2. The third-order valence-corrected chi connectivity index (χ3v) is 3.74. The minimum atomic E-state index is -0.992. The van der Waals surface area contributed by atoms with Crippen LogP contribution in [0.1, 0.15) is 48.3 Å². The molecule has 1 aromatic rings. The van der Waals surface area contributed by atoms with Gasteiger partial charge in [0.25, 0.3) is 0 Å². The van der Waals surface area contributed by atoms with Crippen molar-refractivity contribution < 1.29 is 19.4 Å². The molecule has 0 unspecified atom stereocenters. The molecular formula is C15H21NO4. The normalized spacial score (nSPS) is 14.2. The first-order valence-corrected chi connectivity index (χ1v) is 6.87. The van der Waals surface area contributed by atoms with Crippen molar-refractivity contribution in [1.29, 1.82) is 0 Å². The second-order valence-electron chi connectivity index (χ2n) is 5.67. The van der Waals surface area contributed by atoms with Gasteiger partial charge in [-0.3, -0.25) is 0 Å². The Kier molecular flexibility index (Phi) is 4.28. The van der Waals surface area contributed by atoms with Crippen LogP contribution in [0.5, 0.6) is 5.88 Å². The Morgan fingerprint density at radius 1 is 1.45 bits per heavy atom. The van der Waals surface area contributed by atoms with E-state index in [0.29, 0.717) is 13.0 Å². The number of fused-ring (bicyclic) bond motifs is 1. The number of rotatable bonds is 6. The second kappa shape index (κ2) is 5.79.